The summed E-state index contributed by atoms with van der Waals surface area (Å²) in [4.78, 5) is 10.3. The second-order valence-electron chi connectivity index (χ2n) is 7.88. The van der Waals surface area contributed by atoms with Crippen LogP contribution in [0.25, 0.3) is 21.8 Å². The van der Waals surface area contributed by atoms with E-state index in [4.69, 9.17) is 39.5 Å². The van der Waals surface area contributed by atoms with E-state index in [1.165, 1.54) is 6.07 Å². The largest absolute Gasteiger partial charge is 0.378 e. The first-order valence-corrected chi connectivity index (χ1v) is 11.6. The third-order valence-electron chi connectivity index (χ3n) is 5.57. The maximum atomic E-state index is 13.9. The minimum Gasteiger partial charge on any atom is -0.378 e. The summed E-state index contributed by atoms with van der Waals surface area (Å²) in [7, 11) is 0. The maximum absolute atomic E-state index is 13.9. The van der Waals surface area contributed by atoms with Gasteiger partial charge in [-0.1, -0.05) is 34.8 Å². The molecule has 0 aliphatic carbocycles. The van der Waals surface area contributed by atoms with Gasteiger partial charge in [0.2, 0.25) is 0 Å². The van der Waals surface area contributed by atoms with Crippen molar-refractivity contribution in [1.82, 2.24) is 9.97 Å². The van der Waals surface area contributed by atoms with Gasteiger partial charge in [0, 0.05) is 48.5 Å². The second-order valence-corrected chi connectivity index (χ2v) is 8.99. The molecule has 1 aliphatic rings. The summed E-state index contributed by atoms with van der Waals surface area (Å²) in [6.45, 7) is 6.01. The number of morpholine rings is 1. The van der Waals surface area contributed by atoms with Gasteiger partial charge in [-0.2, -0.15) is 0 Å². The number of aromatic nitrogens is 2. The van der Waals surface area contributed by atoms with Gasteiger partial charge in [-0.05, 0) is 13.8 Å². The predicted octanol–water partition coefficient (Wildman–Crippen LogP) is 7.44. The molecule has 0 radical (unpaired) electrons. The normalized spacial score (nSPS) is 13.8. The van der Waals surface area contributed by atoms with E-state index < -0.39 is 23.3 Å². The van der Waals surface area contributed by atoms with Gasteiger partial charge in [-0.25, -0.2) is 27.5 Å². The quantitative estimate of drug-likeness (QED) is 0.184. The second kappa shape index (κ2) is 10.3. The highest BCUT2D eigenvalue weighted by atomic mass is 35.5. The predicted molar refractivity (Wildman–Crippen MR) is 131 cm³/mol. The average Bonchev–Trinajstić information content (AvgIpc) is 2.80. The standard InChI is InChI=1S/C14H13ClF2N2O.C10H5Cl2F2N/c1-8-13(15)12-10(17)6-9(16)7-11(12)18-14(8)19-2-4-20-5-3-19;1-4-9(11)8-6(14)2-5(13)3-7(8)15-10(4)12/h6-7H,2-5H2,1H3;2-3H,1H3. The Labute approximate surface area is 213 Å². The Hall–Kier alpha value is -2.39. The van der Waals surface area contributed by atoms with E-state index in [0.717, 1.165) is 18.2 Å². The van der Waals surface area contributed by atoms with Gasteiger partial charge in [0.15, 0.2) is 0 Å². The van der Waals surface area contributed by atoms with Crippen molar-refractivity contribution < 1.29 is 22.3 Å². The summed E-state index contributed by atoms with van der Waals surface area (Å²) in [5.74, 6) is -2.12. The highest BCUT2D eigenvalue weighted by Gasteiger charge is 2.20. The Kier molecular flexibility index (Phi) is 7.57. The highest BCUT2D eigenvalue weighted by molar-refractivity contribution is 6.39. The molecule has 0 bridgehead atoms. The van der Waals surface area contributed by atoms with Crippen LogP contribution in [0.5, 0.6) is 0 Å². The van der Waals surface area contributed by atoms with Crippen molar-refractivity contribution >= 4 is 62.4 Å². The lowest BCUT2D eigenvalue weighted by atomic mass is 10.1. The summed E-state index contributed by atoms with van der Waals surface area (Å²) in [6.07, 6.45) is 0. The molecule has 2 aromatic heterocycles. The van der Waals surface area contributed by atoms with Crippen molar-refractivity contribution in [1.29, 1.82) is 0 Å². The molecule has 184 valence electrons. The number of anilines is 1. The molecule has 1 aliphatic heterocycles. The molecule has 0 spiro atoms. The van der Waals surface area contributed by atoms with E-state index in [1.807, 2.05) is 4.90 Å². The fourth-order valence-corrected chi connectivity index (χ4v) is 4.55. The SMILES string of the molecule is Cc1c(Cl)nc2cc(F)cc(F)c2c1Cl.Cc1c(N2CCOCC2)nc2cc(F)cc(F)c2c1Cl. The average molecular weight is 547 g/mol. The fourth-order valence-electron chi connectivity index (χ4n) is 3.77. The van der Waals surface area contributed by atoms with Crippen LogP contribution < -0.4 is 4.90 Å². The van der Waals surface area contributed by atoms with Crippen LogP contribution in [0.4, 0.5) is 23.4 Å². The zero-order valence-electron chi connectivity index (χ0n) is 18.5. The number of ether oxygens (including phenoxy) is 1. The number of benzene rings is 2. The van der Waals surface area contributed by atoms with Crippen LogP contribution in [-0.4, -0.2) is 36.3 Å². The topological polar surface area (TPSA) is 38.2 Å². The Morgan fingerprint density at radius 3 is 1.77 bits per heavy atom. The van der Waals surface area contributed by atoms with Crippen molar-refractivity contribution in [3.05, 3.63) is 73.9 Å². The number of fused-ring (bicyclic) bond motifs is 2. The van der Waals surface area contributed by atoms with Crippen LogP contribution in [0, 0.1) is 37.1 Å². The molecule has 0 atom stereocenters. The van der Waals surface area contributed by atoms with E-state index in [2.05, 4.69) is 9.97 Å². The molecule has 1 saturated heterocycles. The lowest BCUT2D eigenvalue weighted by Crippen LogP contribution is -2.37. The van der Waals surface area contributed by atoms with Gasteiger partial charge in [0.25, 0.3) is 0 Å². The molecule has 11 heteroatoms. The van der Waals surface area contributed by atoms with Crippen LogP contribution in [0.2, 0.25) is 15.2 Å². The van der Waals surface area contributed by atoms with Gasteiger partial charge >= 0.3 is 0 Å². The van der Waals surface area contributed by atoms with E-state index in [-0.39, 0.29) is 37.0 Å². The Balaban J connectivity index is 0.000000172. The molecular weight excluding hydrogens is 529 g/mol. The van der Waals surface area contributed by atoms with Gasteiger partial charge in [-0.15, -0.1) is 0 Å². The first-order chi connectivity index (χ1) is 16.6. The van der Waals surface area contributed by atoms with Gasteiger partial charge in [0.1, 0.15) is 34.2 Å². The number of hydrogen-bond donors (Lipinski definition) is 0. The van der Waals surface area contributed by atoms with E-state index in [0.29, 0.717) is 43.2 Å². The smallest absolute Gasteiger partial charge is 0.137 e. The van der Waals surface area contributed by atoms with Crippen molar-refractivity contribution in [2.75, 3.05) is 31.2 Å². The molecule has 5 rings (SSSR count). The molecule has 1 fully saturated rings. The molecule has 0 amide bonds. The molecule has 0 saturated carbocycles. The van der Waals surface area contributed by atoms with Crippen LogP contribution in [0.1, 0.15) is 11.1 Å². The molecule has 2 aromatic carbocycles. The van der Waals surface area contributed by atoms with Crippen molar-refractivity contribution in [3.63, 3.8) is 0 Å². The lowest BCUT2D eigenvalue weighted by Gasteiger charge is -2.29. The minimum absolute atomic E-state index is 0.0972. The van der Waals surface area contributed by atoms with E-state index in [1.54, 1.807) is 13.8 Å². The monoisotopic (exact) mass is 545 g/mol. The molecule has 4 nitrogen and oxygen atoms in total. The first-order valence-electron chi connectivity index (χ1n) is 10.5. The van der Waals surface area contributed by atoms with Gasteiger partial charge < -0.3 is 9.64 Å². The number of hydrogen-bond acceptors (Lipinski definition) is 4. The molecule has 0 N–H and O–H groups in total. The zero-order chi connectivity index (χ0) is 25.4. The summed E-state index contributed by atoms with van der Waals surface area (Å²) in [5, 5.41) is 0.872. The number of rotatable bonds is 1. The van der Waals surface area contributed by atoms with E-state index in [9.17, 15) is 17.6 Å². The van der Waals surface area contributed by atoms with Crippen molar-refractivity contribution in [2.24, 2.45) is 0 Å². The Bertz CT molecular complexity index is 1450. The fraction of sp³-hybridized carbons (Fsp3) is 0.250. The Morgan fingerprint density at radius 1 is 0.743 bits per heavy atom. The summed E-state index contributed by atoms with van der Waals surface area (Å²) in [6, 6.07) is 3.89. The summed E-state index contributed by atoms with van der Waals surface area (Å²) < 4.78 is 58.8. The van der Waals surface area contributed by atoms with Crippen LogP contribution in [0.15, 0.2) is 24.3 Å². The van der Waals surface area contributed by atoms with Crippen LogP contribution >= 0.6 is 34.8 Å². The van der Waals surface area contributed by atoms with Crippen molar-refractivity contribution in [3.8, 4) is 0 Å². The summed E-state index contributed by atoms with van der Waals surface area (Å²) >= 11 is 17.9. The minimum atomic E-state index is -0.734. The van der Waals surface area contributed by atoms with Crippen LogP contribution in [0.3, 0.4) is 0 Å². The molecule has 35 heavy (non-hydrogen) atoms. The third kappa shape index (κ3) is 5.11. The highest BCUT2D eigenvalue weighted by Crippen LogP contribution is 2.35. The molecular formula is C24H18Cl3F4N3O. The number of halogens is 7. The zero-order valence-corrected chi connectivity index (χ0v) is 20.8. The molecule has 0 unspecified atom stereocenters. The van der Waals surface area contributed by atoms with Gasteiger partial charge in [-0.3, -0.25) is 0 Å². The maximum Gasteiger partial charge on any atom is 0.137 e. The number of nitrogens with zero attached hydrogens (tertiary/aromatic N) is 3. The number of pyridine rings is 2. The molecule has 3 heterocycles. The third-order valence-corrected chi connectivity index (χ3v) is 6.88. The van der Waals surface area contributed by atoms with Gasteiger partial charge in [0.05, 0.1) is 45.1 Å². The first kappa shape index (κ1) is 25.7. The van der Waals surface area contributed by atoms with Crippen molar-refractivity contribution in [2.45, 2.75) is 13.8 Å². The Morgan fingerprint density at radius 2 is 1.23 bits per heavy atom. The lowest BCUT2D eigenvalue weighted by molar-refractivity contribution is 0.122. The van der Waals surface area contributed by atoms with E-state index >= 15 is 0 Å². The van der Waals surface area contributed by atoms with Crippen LogP contribution in [-0.2, 0) is 4.74 Å². The summed E-state index contributed by atoms with van der Waals surface area (Å²) in [5.41, 5.74) is 1.54. The molecule has 4 aromatic rings.